The summed E-state index contributed by atoms with van der Waals surface area (Å²) in [5, 5.41) is 25.5. The number of alkyl halides is 1. The first-order valence-electron chi connectivity index (χ1n) is 2.93. The van der Waals surface area contributed by atoms with Crippen molar-refractivity contribution in [1.82, 2.24) is 0 Å². The van der Waals surface area contributed by atoms with Crippen molar-refractivity contribution in [3.8, 4) is 0 Å². The Balaban J connectivity index is 2.67. The maximum atomic E-state index is 10.5. The fourth-order valence-electron chi connectivity index (χ4n) is 0.811. The highest BCUT2D eigenvalue weighted by molar-refractivity contribution is 9.09. The summed E-state index contributed by atoms with van der Waals surface area (Å²) in [5.41, 5.74) is 0. The van der Waals surface area contributed by atoms with Crippen molar-refractivity contribution >= 4 is 21.9 Å². The van der Waals surface area contributed by atoms with Gasteiger partial charge < -0.3 is 20.1 Å². The number of ether oxygens (including phenoxy) is 1. The quantitative estimate of drug-likeness (QED) is 0.369. The highest BCUT2D eigenvalue weighted by Crippen LogP contribution is 2.21. The molecule has 3 N–H and O–H groups in total. The van der Waals surface area contributed by atoms with Crippen molar-refractivity contribution in [3.05, 3.63) is 0 Å². The molecule has 1 unspecified atom stereocenters. The van der Waals surface area contributed by atoms with Crippen LogP contribution in [0.5, 0.6) is 0 Å². The van der Waals surface area contributed by atoms with E-state index >= 15 is 0 Å². The van der Waals surface area contributed by atoms with Crippen molar-refractivity contribution in [1.29, 1.82) is 0 Å². The smallest absolute Gasteiger partial charge is 0.338 e. The summed E-state index contributed by atoms with van der Waals surface area (Å²) in [6.07, 6.45) is -4.00. The van der Waals surface area contributed by atoms with Crippen LogP contribution in [-0.4, -0.2) is 44.6 Å². The lowest BCUT2D eigenvalue weighted by molar-refractivity contribution is -0.148. The number of carbonyl (C=O) groups excluding carboxylic acids is 1. The summed E-state index contributed by atoms with van der Waals surface area (Å²) in [5.74, 6) is -0.916. The Morgan fingerprint density at radius 2 is 2.09 bits per heavy atom. The van der Waals surface area contributed by atoms with Gasteiger partial charge in [0.1, 0.15) is 11.1 Å². The zero-order valence-corrected chi connectivity index (χ0v) is 6.93. The van der Waals surface area contributed by atoms with Gasteiger partial charge in [-0.15, -0.1) is 0 Å². The Labute approximate surface area is 70.7 Å². The molecule has 0 radical (unpaired) electrons. The number of aliphatic hydroxyl groups is 3. The minimum Gasteiger partial charge on any atom is -0.454 e. The topological polar surface area (TPSA) is 87.0 Å². The molecule has 1 rings (SSSR count). The molecule has 0 bridgehead atoms. The average Bonchev–Trinajstić information content (AvgIpc) is 2.17. The van der Waals surface area contributed by atoms with E-state index in [4.69, 9.17) is 15.3 Å². The molecule has 4 atom stereocenters. The van der Waals surface area contributed by atoms with Gasteiger partial charge >= 0.3 is 5.97 Å². The molecule has 1 aliphatic heterocycles. The lowest BCUT2D eigenvalue weighted by Gasteiger charge is -2.14. The zero-order valence-electron chi connectivity index (χ0n) is 5.35. The first-order chi connectivity index (χ1) is 5.04. The van der Waals surface area contributed by atoms with E-state index in [1.54, 1.807) is 0 Å². The van der Waals surface area contributed by atoms with Gasteiger partial charge in [0.2, 0.25) is 0 Å². The fourth-order valence-corrected chi connectivity index (χ4v) is 1.23. The Morgan fingerprint density at radius 3 is 2.27 bits per heavy atom. The molecule has 5 nitrogen and oxygen atoms in total. The number of aliphatic hydroxyl groups excluding tert-OH is 3. The van der Waals surface area contributed by atoms with E-state index in [0.717, 1.165) is 0 Å². The van der Waals surface area contributed by atoms with Crippen molar-refractivity contribution in [2.24, 2.45) is 0 Å². The lowest BCUT2D eigenvalue weighted by atomic mass is 10.1. The van der Waals surface area contributed by atoms with E-state index < -0.39 is 29.3 Å². The largest absolute Gasteiger partial charge is 0.454 e. The van der Waals surface area contributed by atoms with Crippen LogP contribution in [0.15, 0.2) is 0 Å². The highest BCUT2D eigenvalue weighted by atomic mass is 79.9. The molecule has 6 heteroatoms. The Morgan fingerprint density at radius 1 is 1.55 bits per heavy atom. The maximum Gasteiger partial charge on any atom is 0.338 e. The van der Waals surface area contributed by atoms with E-state index in [1.807, 2.05) is 0 Å². The number of hydrogen-bond acceptors (Lipinski definition) is 5. The Kier molecular flexibility index (Phi) is 2.48. The van der Waals surface area contributed by atoms with E-state index in [2.05, 4.69) is 20.7 Å². The van der Waals surface area contributed by atoms with Gasteiger partial charge in [-0.05, 0) is 0 Å². The number of cyclic esters (lactones) is 1. The normalized spacial score (nSPS) is 40.4. The number of halogens is 1. The van der Waals surface area contributed by atoms with Gasteiger partial charge in [0.15, 0.2) is 12.2 Å². The lowest BCUT2D eigenvalue weighted by Crippen LogP contribution is -2.35. The van der Waals surface area contributed by atoms with Crippen molar-refractivity contribution in [3.63, 3.8) is 0 Å². The molecule has 0 aromatic carbocycles. The molecule has 64 valence electrons. The highest BCUT2D eigenvalue weighted by Gasteiger charge is 2.45. The minimum atomic E-state index is -1.55. The Bertz CT molecular complexity index is 170. The van der Waals surface area contributed by atoms with Crippen LogP contribution in [-0.2, 0) is 9.53 Å². The zero-order chi connectivity index (χ0) is 8.59. The van der Waals surface area contributed by atoms with Gasteiger partial charge in [-0.2, -0.15) is 0 Å². The van der Waals surface area contributed by atoms with E-state index in [-0.39, 0.29) is 0 Å². The predicted molar refractivity (Wildman–Crippen MR) is 36.8 cm³/mol. The van der Waals surface area contributed by atoms with Gasteiger partial charge in [0.05, 0.1) is 0 Å². The number of esters is 1. The molecule has 0 aromatic rings. The summed E-state index contributed by atoms with van der Waals surface area (Å²) in [6.45, 7) is 0. The summed E-state index contributed by atoms with van der Waals surface area (Å²) in [6, 6.07) is 0. The van der Waals surface area contributed by atoms with E-state index in [9.17, 15) is 4.79 Å². The molecule has 0 amide bonds. The van der Waals surface area contributed by atoms with Crippen molar-refractivity contribution in [2.45, 2.75) is 23.3 Å². The molecule has 1 fully saturated rings. The first-order valence-corrected chi connectivity index (χ1v) is 3.84. The summed E-state index contributed by atoms with van der Waals surface area (Å²) >= 11 is 2.70. The van der Waals surface area contributed by atoms with Crippen LogP contribution in [0.2, 0.25) is 0 Å². The Hall–Kier alpha value is -0.170. The fraction of sp³-hybridized carbons (Fsp3) is 0.800. The molecular formula is C5H7BrO5. The van der Waals surface area contributed by atoms with Gasteiger partial charge in [0, 0.05) is 0 Å². The number of hydrogen-bond donors (Lipinski definition) is 3. The van der Waals surface area contributed by atoms with Gasteiger partial charge in [0.25, 0.3) is 0 Å². The van der Waals surface area contributed by atoms with Crippen molar-refractivity contribution in [2.75, 3.05) is 0 Å². The first kappa shape index (κ1) is 8.92. The second-order valence-electron chi connectivity index (χ2n) is 2.21. The van der Waals surface area contributed by atoms with Crippen LogP contribution < -0.4 is 0 Å². The van der Waals surface area contributed by atoms with Crippen LogP contribution in [0.25, 0.3) is 0 Å². The third-order valence-electron chi connectivity index (χ3n) is 1.42. The molecule has 0 saturated carbocycles. The minimum absolute atomic E-state index is 0.916. The van der Waals surface area contributed by atoms with Gasteiger partial charge in [-0.25, -0.2) is 4.79 Å². The second kappa shape index (κ2) is 3.06. The monoisotopic (exact) mass is 226 g/mol. The summed E-state index contributed by atoms with van der Waals surface area (Å²) < 4.78 is 4.41. The molecule has 0 spiro atoms. The molecule has 1 aliphatic rings. The average molecular weight is 227 g/mol. The van der Waals surface area contributed by atoms with Gasteiger partial charge in [-0.1, -0.05) is 15.9 Å². The second-order valence-corrected chi connectivity index (χ2v) is 3.15. The predicted octanol–water partition coefficient (Wildman–Crippen LogP) is -1.65. The number of rotatable bonds is 1. The summed E-state index contributed by atoms with van der Waals surface area (Å²) in [7, 11) is 0. The van der Waals surface area contributed by atoms with Crippen LogP contribution in [0, 0.1) is 0 Å². The molecular weight excluding hydrogens is 220 g/mol. The molecule has 0 aliphatic carbocycles. The third kappa shape index (κ3) is 1.53. The van der Waals surface area contributed by atoms with Crippen LogP contribution in [0.4, 0.5) is 0 Å². The van der Waals surface area contributed by atoms with Crippen molar-refractivity contribution < 1.29 is 24.9 Å². The molecule has 11 heavy (non-hydrogen) atoms. The standard InChI is InChI=1S/C5H7BrO5/c6-4(9)3-1(7)2(8)5(10)11-3/h1-4,7-9H/t1-,2+,3-,4?/m0/s1. The molecule has 1 heterocycles. The van der Waals surface area contributed by atoms with E-state index in [0.29, 0.717) is 0 Å². The molecule has 0 aromatic heterocycles. The van der Waals surface area contributed by atoms with Crippen LogP contribution >= 0.6 is 15.9 Å². The van der Waals surface area contributed by atoms with Crippen LogP contribution in [0.3, 0.4) is 0 Å². The van der Waals surface area contributed by atoms with Crippen LogP contribution in [0.1, 0.15) is 0 Å². The van der Waals surface area contributed by atoms with Gasteiger partial charge in [-0.3, -0.25) is 0 Å². The molecule has 1 saturated heterocycles. The third-order valence-corrected chi connectivity index (χ3v) is 1.95. The maximum absolute atomic E-state index is 10.5. The number of carbonyl (C=O) groups is 1. The van der Waals surface area contributed by atoms with E-state index in [1.165, 1.54) is 0 Å². The summed E-state index contributed by atoms with van der Waals surface area (Å²) in [4.78, 5) is 10.5. The SMILES string of the molecule is O=C1O[C@H](C(O)Br)[C@@H](O)[C@H]1O.